The molecule has 0 bridgehead atoms. The number of nitrogens with one attached hydrogen (secondary N) is 1. The SMILES string of the molecule is CC1CCN(C(=O)C2CNC2)C2CCCCC12. The highest BCUT2D eigenvalue weighted by atomic mass is 16.2. The van der Waals surface area contributed by atoms with E-state index in [2.05, 4.69) is 17.1 Å². The molecule has 3 fully saturated rings. The van der Waals surface area contributed by atoms with Crippen molar-refractivity contribution in [2.45, 2.75) is 45.1 Å². The molecule has 0 aromatic heterocycles. The number of piperidine rings is 1. The van der Waals surface area contributed by atoms with Crippen LogP contribution in [0.25, 0.3) is 0 Å². The van der Waals surface area contributed by atoms with Crippen LogP contribution in [0.5, 0.6) is 0 Å². The van der Waals surface area contributed by atoms with Gasteiger partial charge in [0.2, 0.25) is 5.91 Å². The van der Waals surface area contributed by atoms with Gasteiger partial charge in [-0.05, 0) is 31.1 Å². The Labute approximate surface area is 104 Å². The molecule has 3 rings (SSSR count). The molecule has 0 aromatic carbocycles. The summed E-state index contributed by atoms with van der Waals surface area (Å²) in [4.78, 5) is 14.7. The van der Waals surface area contributed by atoms with Crippen molar-refractivity contribution in [1.82, 2.24) is 10.2 Å². The topological polar surface area (TPSA) is 32.3 Å². The zero-order valence-corrected chi connectivity index (χ0v) is 10.8. The second-order valence-electron chi connectivity index (χ2n) is 6.17. The van der Waals surface area contributed by atoms with E-state index in [-0.39, 0.29) is 5.92 Å². The Bertz CT molecular complexity index is 301. The highest BCUT2D eigenvalue weighted by Gasteiger charge is 2.41. The summed E-state index contributed by atoms with van der Waals surface area (Å²) in [6.45, 7) is 5.21. The quantitative estimate of drug-likeness (QED) is 0.750. The summed E-state index contributed by atoms with van der Waals surface area (Å²) in [5.41, 5.74) is 0. The highest BCUT2D eigenvalue weighted by Crippen LogP contribution is 2.39. The maximum Gasteiger partial charge on any atom is 0.228 e. The van der Waals surface area contributed by atoms with E-state index in [0.29, 0.717) is 11.9 Å². The van der Waals surface area contributed by atoms with E-state index in [9.17, 15) is 4.79 Å². The molecule has 0 aromatic rings. The normalized spacial score (nSPS) is 38.4. The molecule has 3 nitrogen and oxygen atoms in total. The van der Waals surface area contributed by atoms with Gasteiger partial charge in [0.05, 0.1) is 5.92 Å². The number of rotatable bonds is 1. The van der Waals surface area contributed by atoms with Crippen LogP contribution in [0.3, 0.4) is 0 Å². The van der Waals surface area contributed by atoms with Crippen LogP contribution in [0, 0.1) is 17.8 Å². The lowest BCUT2D eigenvalue weighted by atomic mass is 9.72. The lowest BCUT2D eigenvalue weighted by Crippen LogP contribution is -2.58. The van der Waals surface area contributed by atoms with Crippen LogP contribution in [0.1, 0.15) is 39.0 Å². The van der Waals surface area contributed by atoms with Gasteiger partial charge in [0.25, 0.3) is 0 Å². The van der Waals surface area contributed by atoms with Gasteiger partial charge in [-0.25, -0.2) is 0 Å². The standard InChI is InChI=1S/C14H24N2O/c1-10-6-7-16(14(17)11-8-15-9-11)13-5-3-2-4-12(10)13/h10-13,15H,2-9H2,1H3. The van der Waals surface area contributed by atoms with E-state index in [1.165, 1.54) is 32.1 Å². The maximum absolute atomic E-state index is 12.4. The Hall–Kier alpha value is -0.570. The molecule has 1 amide bonds. The summed E-state index contributed by atoms with van der Waals surface area (Å²) in [5.74, 6) is 2.33. The first-order valence-electron chi connectivity index (χ1n) is 7.28. The third-order valence-corrected chi connectivity index (χ3v) is 5.15. The largest absolute Gasteiger partial charge is 0.339 e. The molecule has 3 heteroatoms. The monoisotopic (exact) mass is 236 g/mol. The average Bonchev–Trinajstić information content (AvgIpc) is 2.27. The van der Waals surface area contributed by atoms with E-state index in [0.717, 1.165) is 31.5 Å². The van der Waals surface area contributed by atoms with Crippen molar-refractivity contribution in [2.24, 2.45) is 17.8 Å². The summed E-state index contributed by atoms with van der Waals surface area (Å²) in [6, 6.07) is 0.570. The van der Waals surface area contributed by atoms with E-state index in [4.69, 9.17) is 0 Å². The Morgan fingerprint density at radius 1 is 1.18 bits per heavy atom. The van der Waals surface area contributed by atoms with Crippen LogP contribution >= 0.6 is 0 Å². The molecular weight excluding hydrogens is 212 g/mol. The van der Waals surface area contributed by atoms with Crippen LogP contribution in [-0.2, 0) is 4.79 Å². The molecular formula is C14H24N2O. The van der Waals surface area contributed by atoms with Gasteiger partial charge in [-0.1, -0.05) is 19.8 Å². The van der Waals surface area contributed by atoms with Gasteiger partial charge in [-0.15, -0.1) is 0 Å². The predicted octanol–water partition coefficient (Wildman–Crippen LogP) is 1.63. The lowest BCUT2D eigenvalue weighted by molar-refractivity contribution is -0.145. The number of likely N-dealkylation sites (tertiary alicyclic amines) is 1. The maximum atomic E-state index is 12.4. The van der Waals surface area contributed by atoms with Crippen molar-refractivity contribution in [3.8, 4) is 0 Å². The van der Waals surface area contributed by atoms with Crippen LogP contribution < -0.4 is 5.32 Å². The first-order valence-corrected chi connectivity index (χ1v) is 7.28. The van der Waals surface area contributed by atoms with Crippen LogP contribution in [0.15, 0.2) is 0 Å². The van der Waals surface area contributed by atoms with Gasteiger partial charge < -0.3 is 10.2 Å². The molecule has 3 unspecified atom stereocenters. The minimum Gasteiger partial charge on any atom is -0.339 e. The third-order valence-electron chi connectivity index (χ3n) is 5.15. The summed E-state index contributed by atoms with van der Waals surface area (Å²) in [7, 11) is 0. The third kappa shape index (κ3) is 1.99. The Morgan fingerprint density at radius 2 is 1.94 bits per heavy atom. The van der Waals surface area contributed by atoms with Crippen molar-refractivity contribution in [3.05, 3.63) is 0 Å². The molecule has 0 spiro atoms. The molecule has 2 saturated heterocycles. The minimum absolute atomic E-state index is 0.283. The molecule has 1 aliphatic carbocycles. The van der Waals surface area contributed by atoms with Gasteiger partial charge in [0.15, 0.2) is 0 Å². The Morgan fingerprint density at radius 3 is 2.65 bits per heavy atom. The number of nitrogens with zero attached hydrogens (tertiary/aromatic N) is 1. The van der Waals surface area contributed by atoms with Crippen LogP contribution in [0.4, 0.5) is 0 Å². The van der Waals surface area contributed by atoms with Gasteiger partial charge in [0, 0.05) is 25.7 Å². The number of carbonyl (C=O) groups excluding carboxylic acids is 1. The van der Waals surface area contributed by atoms with E-state index < -0.39 is 0 Å². The van der Waals surface area contributed by atoms with Gasteiger partial charge >= 0.3 is 0 Å². The second-order valence-corrected chi connectivity index (χ2v) is 6.17. The fraction of sp³-hybridized carbons (Fsp3) is 0.929. The van der Waals surface area contributed by atoms with Crippen LogP contribution in [0.2, 0.25) is 0 Å². The van der Waals surface area contributed by atoms with Gasteiger partial charge in [-0.2, -0.15) is 0 Å². The molecule has 17 heavy (non-hydrogen) atoms. The van der Waals surface area contributed by atoms with E-state index >= 15 is 0 Å². The van der Waals surface area contributed by atoms with E-state index in [1.54, 1.807) is 0 Å². The first-order chi connectivity index (χ1) is 8.27. The van der Waals surface area contributed by atoms with Gasteiger partial charge in [0.1, 0.15) is 0 Å². The molecule has 2 aliphatic heterocycles. The summed E-state index contributed by atoms with van der Waals surface area (Å²) in [6.07, 6.45) is 6.51. The fourth-order valence-corrected chi connectivity index (χ4v) is 3.88. The average molecular weight is 236 g/mol. The van der Waals surface area contributed by atoms with Crippen molar-refractivity contribution in [1.29, 1.82) is 0 Å². The first kappa shape index (κ1) is 11.5. The zero-order valence-electron chi connectivity index (χ0n) is 10.8. The van der Waals surface area contributed by atoms with Gasteiger partial charge in [-0.3, -0.25) is 4.79 Å². The number of fused-ring (bicyclic) bond motifs is 1. The minimum atomic E-state index is 0.283. The predicted molar refractivity (Wildman–Crippen MR) is 67.6 cm³/mol. The smallest absolute Gasteiger partial charge is 0.228 e. The summed E-state index contributed by atoms with van der Waals surface area (Å²) in [5, 5.41) is 3.21. The lowest BCUT2D eigenvalue weighted by Gasteiger charge is -2.49. The highest BCUT2D eigenvalue weighted by molar-refractivity contribution is 5.80. The van der Waals surface area contributed by atoms with Crippen molar-refractivity contribution >= 4 is 5.91 Å². The molecule has 96 valence electrons. The number of carbonyl (C=O) groups is 1. The Kier molecular flexibility index (Phi) is 3.12. The zero-order chi connectivity index (χ0) is 11.8. The van der Waals surface area contributed by atoms with Crippen molar-refractivity contribution in [3.63, 3.8) is 0 Å². The number of hydrogen-bond donors (Lipinski definition) is 1. The second kappa shape index (κ2) is 4.60. The summed E-state index contributed by atoms with van der Waals surface area (Å²) >= 11 is 0. The summed E-state index contributed by atoms with van der Waals surface area (Å²) < 4.78 is 0. The van der Waals surface area contributed by atoms with Crippen LogP contribution in [-0.4, -0.2) is 36.5 Å². The fourth-order valence-electron chi connectivity index (χ4n) is 3.88. The molecule has 3 aliphatic rings. The van der Waals surface area contributed by atoms with Crippen molar-refractivity contribution < 1.29 is 4.79 Å². The molecule has 2 heterocycles. The molecule has 0 radical (unpaired) electrons. The number of amides is 1. The Balaban J connectivity index is 1.72. The number of hydrogen-bond acceptors (Lipinski definition) is 2. The van der Waals surface area contributed by atoms with Crippen molar-refractivity contribution in [2.75, 3.05) is 19.6 Å². The molecule has 3 atom stereocenters. The van der Waals surface area contributed by atoms with E-state index in [1.807, 2.05) is 0 Å². The molecule has 1 N–H and O–H groups in total. The molecule has 1 saturated carbocycles.